The lowest BCUT2D eigenvalue weighted by Crippen LogP contribution is -2.15. The van der Waals surface area contributed by atoms with Crippen LogP contribution in [0.3, 0.4) is 0 Å². The van der Waals surface area contributed by atoms with Crippen molar-refractivity contribution in [3.8, 4) is 0 Å². The molecule has 0 aliphatic carbocycles. The van der Waals surface area contributed by atoms with E-state index in [0.29, 0.717) is 0 Å². The van der Waals surface area contributed by atoms with Gasteiger partial charge in [-0.25, -0.2) is 0 Å². The van der Waals surface area contributed by atoms with Crippen LogP contribution in [0.4, 0.5) is 0 Å². The molecule has 0 radical (unpaired) electrons. The van der Waals surface area contributed by atoms with Crippen molar-refractivity contribution in [3.05, 3.63) is 64.2 Å². The van der Waals surface area contributed by atoms with Crippen LogP contribution in [0.15, 0.2) is 41.3 Å². The molecule has 3 rings (SSSR count). The third-order valence-corrected chi connectivity index (χ3v) is 5.60. The maximum absolute atomic E-state index is 10.8. The topological polar surface area (TPSA) is 20.2 Å². The molecule has 2 heteroatoms. The summed E-state index contributed by atoms with van der Waals surface area (Å²) in [4.78, 5) is 1.32. The Kier molecular flexibility index (Phi) is 3.61. The first-order chi connectivity index (χ1) is 9.56. The number of fused-ring (bicyclic) bond motifs is 1. The van der Waals surface area contributed by atoms with Gasteiger partial charge in [-0.15, -0.1) is 11.8 Å². The van der Waals surface area contributed by atoms with Crippen LogP contribution in [0.1, 0.15) is 33.9 Å². The Bertz CT molecular complexity index is 623. The molecule has 2 unspecified atom stereocenters. The molecular weight excluding hydrogens is 264 g/mol. The second-order valence-electron chi connectivity index (χ2n) is 5.71. The minimum atomic E-state index is -0.397. The number of aryl methyl sites for hydroxylation is 3. The normalized spacial score (nSPS) is 18.9. The van der Waals surface area contributed by atoms with Gasteiger partial charge in [0.1, 0.15) is 0 Å². The zero-order chi connectivity index (χ0) is 14.3. The Morgan fingerprint density at radius 1 is 1.05 bits per heavy atom. The lowest BCUT2D eigenvalue weighted by atomic mass is 9.94. The molecule has 2 atom stereocenters. The number of aliphatic hydroxyl groups is 1. The zero-order valence-corrected chi connectivity index (χ0v) is 13.0. The molecule has 20 heavy (non-hydrogen) atoms. The highest BCUT2D eigenvalue weighted by Crippen LogP contribution is 2.43. The van der Waals surface area contributed by atoms with E-state index in [0.717, 1.165) is 12.0 Å². The predicted molar refractivity (Wildman–Crippen MR) is 85.4 cm³/mol. The smallest absolute Gasteiger partial charge is 0.0917 e. The van der Waals surface area contributed by atoms with Crippen LogP contribution in [-0.2, 0) is 6.42 Å². The van der Waals surface area contributed by atoms with Gasteiger partial charge < -0.3 is 5.11 Å². The Morgan fingerprint density at radius 3 is 2.50 bits per heavy atom. The van der Waals surface area contributed by atoms with E-state index in [9.17, 15) is 5.11 Å². The Morgan fingerprint density at radius 2 is 1.75 bits per heavy atom. The summed E-state index contributed by atoms with van der Waals surface area (Å²) in [6.07, 6.45) is 0.556. The Balaban J connectivity index is 1.88. The fraction of sp³-hybridized carbons (Fsp3) is 0.333. The molecule has 1 aliphatic heterocycles. The van der Waals surface area contributed by atoms with Crippen molar-refractivity contribution in [1.29, 1.82) is 0 Å². The SMILES string of the molecule is Cc1cc(C)c(C(O)C2Cc3ccccc3S2)cc1C. The van der Waals surface area contributed by atoms with Gasteiger partial charge in [0.15, 0.2) is 0 Å². The summed E-state index contributed by atoms with van der Waals surface area (Å²) in [6, 6.07) is 12.8. The molecule has 1 N–H and O–H groups in total. The van der Waals surface area contributed by atoms with Gasteiger partial charge in [-0.1, -0.05) is 30.3 Å². The fourth-order valence-corrected chi connectivity index (χ4v) is 4.21. The third-order valence-electron chi connectivity index (χ3n) is 4.23. The molecule has 0 saturated heterocycles. The van der Waals surface area contributed by atoms with Crippen LogP contribution in [0.25, 0.3) is 0 Å². The van der Waals surface area contributed by atoms with Gasteiger partial charge in [-0.3, -0.25) is 0 Å². The molecule has 0 aromatic heterocycles. The molecule has 1 heterocycles. The third kappa shape index (κ3) is 2.38. The van der Waals surface area contributed by atoms with E-state index in [1.807, 2.05) is 11.8 Å². The van der Waals surface area contributed by atoms with E-state index in [1.165, 1.54) is 27.1 Å². The summed E-state index contributed by atoms with van der Waals surface area (Å²) < 4.78 is 0. The largest absolute Gasteiger partial charge is 0.387 e. The quantitative estimate of drug-likeness (QED) is 0.884. The van der Waals surface area contributed by atoms with E-state index < -0.39 is 6.10 Å². The zero-order valence-electron chi connectivity index (χ0n) is 12.2. The van der Waals surface area contributed by atoms with Gasteiger partial charge in [-0.2, -0.15) is 0 Å². The summed E-state index contributed by atoms with van der Waals surface area (Å²) >= 11 is 1.81. The minimum Gasteiger partial charge on any atom is -0.387 e. The Labute approximate surface area is 125 Å². The molecule has 0 fully saturated rings. The number of hydrogen-bond acceptors (Lipinski definition) is 2. The lowest BCUT2D eigenvalue weighted by molar-refractivity contribution is 0.174. The molecule has 0 spiro atoms. The average molecular weight is 284 g/mol. The van der Waals surface area contributed by atoms with Crippen molar-refractivity contribution in [2.45, 2.75) is 43.4 Å². The standard InChI is InChI=1S/C18H20OS/c1-11-8-13(3)15(9-12(11)2)18(19)17-10-14-6-4-5-7-16(14)20-17/h4-9,17-19H,10H2,1-3H3. The average Bonchev–Trinajstić information content (AvgIpc) is 2.86. The van der Waals surface area contributed by atoms with Crippen LogP contribution in [-0.4, -0.2) is 10.4 Å². The van der Waals surface area contributed by atoms with Gasteiger partial charge >= 0.3 is 0 Å². The van der Waals surface area contributed by atoms with Crippen LogP contribution < -0.4 is 0 Å². The second-order valence-corrected chi connectivity index (χ2v) is 6.99. The van der Waals surface area contributed by atoms with Gasteiger partial charge in [-0.05, 0) is 61.1 Å². The highest BCUT2D eigenvalue weighted by atomic mass is 32.2. The van der Waals surface area contributed by atoms with Crippen LogP contribution in [0, 0.1) is 20.8 Å². The number of thioether (sulfide) groups is 1. The molecular formula is C18H20OS. The van der Waals surface area contributed by atoms with Crippen LogP contribution >= 0.6 is 11.8 Å². The van der Waals surface area contributed by atoms with Crippen LogP contribution in [0.5, 0.6) is 0 Å². The number of benzene rings is 2. The van der Waals surface area contributed by atoms with Crippen LogP contribution in [0.2, 0.25) is 0 Å². The van der Waals surface area contributed by atoms with Gasteiger partial charge in [0.25, 0.3) is 0 Å². The second kappa shape index (κ2) is 5.27. The van der Waals surface area contributed by atoms with Crippen molar-refractivity contribution in [2.75, 3.05) is 0 Å². The van der Waals surface area contributed by atoms with E-state index in [2.05, 4.69) is 57.2 Å². The van der Waals surface area contributed by atoms with Crippen molar-refractivity contribution in [2.24, 2.45) is 0 Å². The molecule has 0 amide bonds. The van der Waals surface area contributed by atoms with E-state index in [4.69, 9.17) is 0 Å². The number of aliphatic hydroxyl groups excluding tert-OH is 1. The molecule has 0 saturated carbocycles. The van der Waals surface area contributed by atoms with E-state index in [1.54, 1.807) is 0 Å². The molecule has 2 aromatic rings. The van der Waals surface area contributed by atoms with E-state index in [-0.39, 0.29) is 5.25 Å². The molecule has 1 nitrogen and oxygen atoms in total. The fourth-order valence-electron chi connectivity index (χ4n) is 2.89. The minimum absolute atomic E-state index is 0.230. The summed E-state index contributed by atoms with van der Waals surface area (Å²) in [5, 5.41) is 11.0. The number of rotatable bonds is 2. The number of hydrogen-bond donors (Lipinski definition) is 1. The highest BCUT2D eigenvalue weighted by Gasteiger charge is 2.29. The van der Waals surface area contributed by atoms with Crippen molar-refractivity contribution in [1.82, 2.24) is 0 Å². The first-order valence-electron chi connectivity index (χ1n) is 7.06. The monoisotopic (exact) mass is 284 g/mol. The first-order valence-corrected chi connectivity index (χ1v) is 7.94. The van der Waals surface area contributed by atoms with Gasteiger partial charge in [0, 0.05) is 10.1 Å². The van der Waals surface area contributed by atoms with Crippen molar-refractivity contribution >= 4 is 11.8 Å². The first kappa shape index (κ1) is 13.7. The van der Waals surface area contributed by atoms with Crippen molar-refractivity contribution in [3.63, 3.8) is 0 Å². The summed E-state index contributed by atoms with van der Waals surface area (Å²) in [7, 11) is 0. The molecule has 104 valence electrons. The summed E-state index contributed by atoms with van der Waals surface area (Å²) in [5.41, 5.74) is 6.18. The maximum Gasteiger partial charge on any atom is 0.0917 e. The van der Waals surface area contributed by atoms with E-state index >= 15 is 0 Å². The maximum atomic E-state index is 10.8. The Hall–Kier alpha value is -1.25. The van der Waals surface area contributed by atoms with Gasteiger partial charge in [0.05, 0.1) is 6.10 Å². The summed E-state index contributed by atoms with van der Waals surface area (Å²) in [6.45, 7) is 6.33. The molecule has 0 bridgehead atoms. The molecule has 1 aliphatic rings. The van der Waals surface area contributed by atoms with Crippen molar-refractivity contribution < 1.29 is 5.11 Å². The molecule has 2 aromatic carbocycles. The lowest BCUT2D eigenvalue weighted by Gasteiger charge is -2.20. The van der Waals surface area contributed by atoms with Gasteiger partial charge in [0.2, 0.25) is 0 Å². The predicted octanol–water partition coefficient (Wildman–Crippen LogP) is 4.36. The highest BCUT2D eigenvalue weighted by molar-refractivity contribution is 8.00. The summed E-state index contributed by atoms with van der Waals surface area (Å²) in [5.74, 6) is 0.